The summed E-state index contributed by atoms with van der Waals surface area (Å²) >= 11 is 0. The summed E-state index contributed by atoms with van der Waals surface area (Å²) < 4.78 is 18.5. The van der Waals surface area contributed by atoms with E-state index in [9.17, 15) is 14.5 Å². The second-order valence-electron chi connectivity index (χ2n) is 5.51. The summed E-state index contributed by atoms with van der Waals surface area (Å²) in [6, 6.07) is 11.5. The monoisotopic (exact) mass is 316 g/mol. The number of anilines is 1. The average molecular weight is 316 g/mol. The molecule has 3 rings (SSSR count). The Morgan fingerprint density at radius 1 is 1.26 bits per heavy atom. The van der Waals surface area contributed by atoms with Crippen molar-refractivity contribution in [2.24, 2.45) is 0 Å². The molecule has 1 heterocycles. The van der Waals surface area contributed by atoms with Crippen LogP contribution in [0.15, 0.2) is 42.5 Å². The van der Waals surface area contributed by atoms with E-state index in [-0.39, 0.29) is 11.7 Å². The molecule has 120 valence electrons. The van der Waals surface area contributed by atoms with Gasteiger partial charge in [0.15, 0.2) is 0 Å². The largest absolute Gasteiger partial charge is 0.497 e. The molecule has 0 saturated carbocycles. The maximum Gasteiger partial charge on any atom is 0.295 e. The number of nitrogens with zero attached hydrogens (tertiary/aromatic N) is 2. The molecule has 2 aromatic carbocycles. The lowest BCUT2D eigenvalue weighted by Crippen LogP contribution is -2.23. The molecule has 1 aliphatic heterocycles. The predicted molar refractivity (Wildman–Crippen MR) is 85.4 cm³/mol. The lowest BCUT2D eigenvalue weighted by Gasteiger charge is -2.27. The molecule has 0 aliphatic carbocycles. The number of rotatable bonds is 4. The van der Waals surface area contributed by atoms with Gasteiger partial charge in [-0.15, -0.1) is 0 Å². The molecule has 0 N–H and O–H groups in total. The first-order valence-corrected chi connectivity index (χ1v) is 7.44. The summed E-state index contributed by atoms with van der Waals surface area (Å²) in [6.07, 6.45) is 1.84. The molecule has 0 amide bonds. The summed E-state index contributed by atoms with van der Waals surface area (Å²) in [6.45, 7) is 0.711. The minimum atomic E-state index is -0.597. The van der Waals surface area contributed by atoms with E-state index in [0.717, 1.165) is 30.2 Å². The van der Waals surface area contributed by atoms with Crippen molar-refractivity contribution in [2.75, 3.05) is 18.6 Å². The maximum absolute atomic E-state index is 13.4. The molecule has 0 aromatic heterocycles. The Morgan fingerprint density at radius 3 is 2.65 bits per heavy atom. The van der Waals surface area contributed by atoms with E-state index >= 15 is 0 Å². The normalized spacial score (nSPS) is 17.3. The maximum atomic E-state index is 13.4. The van der Waals surface area contributed by atoms with Crippen molar-refractivity contribution >= 4 is 11.4 Å². The van der Waals surface area contributed by atoms with Crippen LogP contribution in [0.25, 0.3) is 0 Å². The summed E-state index contributed by atoms with van der Waals surface area (Å²) in [5.41, 5.74) is 1.35. The Labute approximate surface area is 133 Å². The van der Waals surface area contributed by atoms with Crippen LogP contribution in [-0.4, -0.2) is 18.6 Å². The minimum Gasteiger partial charge on any atom is -0.497 e. The molecular formula is C17H17FN2O3. The highest BCUT2D eigenvalue weighted by Gasteiger charge is 2.31. The second kappa shape index (κ2) is 6.24. The standard InChI is InChI=1S/C17H17FN2O3/c1-23-14-7-4-12(5-8-14)15-3-2-10-19(15)16-9-6-13(18)11-17(16)20(21)22/h4-9,11,15H,2-3,10H2,1H3/t15-/m0/s1. The minimum absolute atomic E-state index is 0.0464. The zero-order chi connectivity index (χ0) is 16.4. The fraction of sp³-hybridized carbons (Fsp3) is 0.294. The van der Waals surface area contributed by atoms with Crippen molar-refractivity contribution < 1.29 is 14.1 Å². The van der Waals surface area contributed by atoms with E-state index in [4.69, 9.17) is 4.74 Å². The first-order valence-electron chi connectivity index (χ1n) is 7.44. The van der Waals surface area contributed by atoms with Gasteiger partial charge < -0.3 is 9.64 Å². The molecule has 0 radical (unpaired) electrons. The van der Waals surface area contributed by atoms with Crippen LogP contribution in [0, 0.1) is 15.9 Å². The number of benzene rings is 2. The van der Waals surface area contributed by atoms with E-state index in [2.05, 4.69) is 0 Å². The quantitative estimate of drug-likeness (QED) is 0.630. The number of hydrogen-bond donors (Lipinski definition) is 0. The molecule has 1 fully saturated rings. The van der Waals surface area contributed by atoms with Gasteiger partial charge >= 0.3 is 0 Å². The summed E-state index contributed by atoms with van der Waals surface area (Å²) in [5, 5.41) is 11.3. The Kier molecular flexibility index (Phi) is 4.14. The van der Waals surface area contributed by atoms with Crippen LogP contribution in [-0.2, 0) is 0 Å². The lowest BCUT2D eigenvalue weighted by molar-refractivity contribution is -0.384. The number of halogens is 1. The molecule has 23 heavy (non-hydrogen) atoms. The van der Waals surface area contributed by atoms with E-state index < -0.39 is 10.7 Å². The van der Waals surface area contributed by atoms with Crippen LogP contribution in [0.2, 0.25) is 0 Å². The molecule has 2 aromatic rings. The third-order valence-corrected chi connectivity index (χ3v) is 4.20. The second-order valence-corrected chi connectivity index (χ2v) is 5.51. The summed E-state index contributed by atoms with van der Waals surface area (Å²) in [4.78, 5) is 12.7. The first-order chi connectivity index (χ1) is 11.1. The lowest BCUT2D eigenvalue weighted by atomic mass is 10.0. The zero-order valence-corrected chi connectivity index (χ0v) is 12.7. The molecular weight excluding hydrogens is 299 g/mol. The number of nitro benzene ring substituents is 1. The van der Waals surface area contributed by atoms with Crippen LogP contribution < -0.4 is 9.64 Å². The van der Waals surface area contributed by atoms with Crippen molar-refractivity contribution in [1.82, 2.24) is 0 Å². The van der Waals surface area contributed by atoms with Crippen LogP contribution in [0.4, 0.5) is 15.8 Å². The van der Waals surface area contributed by atoms with E-state index in [1.807, 2.05) is 29.2 Å². The van der Waals surface area contributed by atoms with Gasteiger partial charge in [0, 0.05) is 6.54 Å². The Balaban J connectivity index is 1.97. The molecule has 6 heteroatoms. The SMILES string of the molecule is COc1ccc([C@@H]2CCCN2c2ccc(F)cc2[N+](=O)[O-])cc1. The number of nitro groups is 1. The third kappa shape index (κ3) is 2.97. The van der Waals surface area contributed by atoms with Gasteiger partial charge in [0.1, 0.15) is 17.3 Å². The number of methoxy groups -OCH3 is 1. The van der Waals surface area contributed by atoms with Crippen molar-refractivity contribution in [1.29, 1.82) is 0 Å². The first kappa shape index (κ1) is 15.3. The third-order valence-electron chi connectivity index (χ3n) is 4.20. The van der Waals surface area contributed by atoms with Gasteiger partial charge in [0.05, 0.1) is 24.1 Å². The summed E-state index contributed by atoms with van der Waals surface area (Å²) in [7, 11) is 1.61. The molecule has 5 nitrogen and oxygen atoms in total. The molecule has 1 saturated heterocycles. The smallest absolute Gasteiger partial charge is 0.295 e. The van der Waals surface area contributed by atoms with E-state index in [1.165, 1.54) is 12.1 Å². The Hall–Kier alpha value is -2.63. The van der Waals surface area contributed by atoms with E-state index in [0.29, 0.717) is 12.2 Å². The van der Waals surface area contributed by atoms with Crippen molar-refractivity contribution in [2.45, 2.75) is 18.9 Å². The molecule has 0 bridgehead atoms. The number of ether oxygens (including phenoxy) is 1. The predicted octanol–water partition coefficient (Wildman–Crippen LogP) is 4.08. The summed E-state index contributed by atoms with van der Waals surface area (Å²) in [5.74, 6) is 0.173. The van der Waals surface area contributed by atoms with Gasteiger partial charge in [-0.3, -0.25) is 10.1 Å². The molecule has 0 unspecified atom stereocenters. The average Bonchev–Trinajstić information content (AvgIpc) is 3.04. The van der Waals surface area contributed by atoms with E-state index in [1.54, 1.807) is 7.11 Å². The topological polar surface area (TPSA) is 55.6 Å². The van der Waals surface area contributed by atoms with Crippen LogP contribution in [0.3, 0.4) is 0 Å². The highest BCUT2D eigenvalue weighted by Crippen LogP contribution is 2.40. The molecule has 0 spiro atoms. The Morgan fingerprint density at radius 2 is 2.00 bits per heavy atom. The Bertz CT molecular complexity index is 718. The number of hydrogen-bond acceptors (Lipinski definition) is 4. The highest BCUT2D eigenvalue weighted by molar-refractivity contribution is 5.65. The van der Waals surface area contributed by atoms with Crippen molar-refractivity contribution in [3.05, 3.63) is 64.0 Å². The van der Waals surface area contributed by atoms with Gasteiger partial charge in [-0.1, -0.05) is 12.1 Å². The molecule has 1 atom stereocenters. The van der Waals surface area contributed by atoms with Gasteiger partial charge in [-0.25, -0.2) is 4.39 Å². The van der Waals surface area contributed by atoms with Crippen LogP contribution in [0.1, 0.15) is 24.4 Å². The van der Waals surface area contributed by atoms with Gasteiger partial charge in [-0.05, 0) is 42.7 Å². The highest BCUT2D eigenvalue weighted by atomic mass is 19.1. The van der Waals surface area contributed by atoms with Gasteiger partial charge in [-0.2, -0.15) is 0 Å². The fourth-order valence-electron chi connectivity index (χ4n) is 3.11. The van der Waals surface area contributed by atoms with Crippen LogP contribution >= 0.6 is 0 Å². The van der Waals surface area contributed by atoms with Crippen LogP contribution in [0.5, 0.6) is 5.75 Å². The fourth-order valence-corrected chi connectivity index (χ4v) is 3.11. The zero-order valence-electron chi connectivity index (χ0n) is 12.7. The van der Waals surface area contributed by atoms with Crippen molar-refractivity contribution in [3.8, 4) is 5.75 Å². The molecule has 1 aliphatic rings. The van der Waals surface area contributed by atoms with Crippen molar-refractivity contribution in [3.63, 3.8) is 0 Å². The van der Waals surface area contributed by atoms with Gasteiger partial charge in [0.25, 0.3) is 5.69 Å². The van der Waals surface area contributed by atoms with Gasteiger partial charge in [0.2, 0.25) is 0 Å².